The first kappa shape index (κ1) is 18.6. The number of nitrogens with zero attached hydrogens (tertiary/aromatic N) is 3. The Balaban J connectivity index is 1.78. The molecular formula is C21H30N4O. The Morgan fingerprint density at radius 1 is 1.12 bits per heavy atom. The van der Waals surface area contributed by atoms with Crippen molar-refractivity contribution >= 4 is 11.6 Å². The van der Waals surface area contributed by atoms with E-state index in [1.165, 1.54) is 37.8 Å². The molecule has 2 aromatic heterocycles. The molecule has 0 bridgehead atoms. The molecule has 0 spiro atoms. The van der Waals surface area contributed by atoms with Gasteiger partial charge in [0.05, 0.1) is 23.6 Å². The van der Waals surface area contributed by atoms with E-state index in [0.29, 0.717) is 11.7 Å². The molecular weight excluding hydrogens is 324 g/mol. The van der Waals surface area contributed by atoms with Crippen molar-refractivity contribution in [2.45, 2.75) is 78.2 Å². The van der Waals surface area contributed by atoms with Crippen LogP contribution in [-0.4, -0.2) is 20.4 Å². The number of rotatable bonds is 3. The van der Waals surface area contributed by atoms with Gasteiger partial charge in [0.25, 0.3) is 5.91 Å². The topological polar surface area (TPSA) is 59.8 Å². The Morgan fingerprint density at radius 2 is 1.73 bits per heavy atom. The van der Waals surface area contributed by atoms with E-state index >= 15 is 0 Å². The number of hydrogen-bond acceptors (Lipinski definition) is 3. The van der Waals surface area contributed by atoms with E-state index in [0.717, 1.165) is 17.1 Å². The highest BCUT2D eigenvalue weighted by molar-refractivity contribution is 6.05. The van der Waals surface area contributed by atoms with Gasteiger partial charge >= 0.3 is 0 Å². The Hall–Kier alpha value is -2.17. The van der Waals surface area contributed by atoms with Gasteiger partial charge in [-0.1, -0.05) is 40.0 Å². The van der Waals surface area contributed by atoms with Gasteiger partial charge in [0.2, 0.25) is 0 Å². The van der Waals surface area contributed by atoms with E-state index < -0.39 is 0 Å². The highest BCUT2D eigenvalue weighted by Gasteiger charge is 2.23. The van der Waals surface area contributed by atoms with Crippen molar-refractivity contribution < 1.29 is 4.79 Å². The second kappa shape index (κ2) is 7.22. The quantitative estimate of drug-likeness (QED) is 0.848. The van der Waals surface area contributed by atoms with Crippen molar-refractivity contribution in [1.29, 1.82) is 0 Å². The van der Waals surface area contributed by atoms with Gasteiger partial charge in [0.15, 0.2) is 0 Å². The third-order valence-electron chi connectivity index (χ3n) is 5.25. The molecule has 5 nitrogen and oxygen atoms in total. The monoisotopic (exact) mass is 354 g/mol. The van der Waals surface area contributed by atoms with Gasteiger partial charge in [-0.3, -0.25) is 4.79 Å². The lowest BCUT2D eigenvalue weighted by Crippen LogP contribution is -2.18. The molecule has 1 N–H and O–H groups in total. The zero-order chi connectivity index (χ0) is 18.9. The molecule has 1 aliphatic carbocycles. The van der Waals surface area contributed by atoms with Gasteiger partial charge in [-0.2, -0.15) is 0 Å². The van der Waals surface area contributed by atoms with Crippen LogP contribution in [0.5, 0.6) is 0 Å². The van der Waals surface area contributed by atoms with Crippen LogP contribution in [0.1, 0.15) is 86.5 Å². The predicted molar refractivity (Wildman–Crippen MR) is 105 cm³/mol. The fourth-order valence-electron chi connectivity index (χ4n) is 3.89. The molecule has 1 aliphatic rings. The maximum absolute atomic E-state index is 12.8. The average Bonchev–Trinajstić information content (AvgIpc) is 2.90. The van der Waals surface area contributed by atoms with Crippen molar-refractivity contribution in [3.8, 4) is 0 Å². The summed E-state index contributed by atoms with van der Waals surface area (Å²) in [5.41, 5.74) is 3.49. The molecule has 2 heterocycles. The number of carbonyl (C=O) groups excluding carboxylic acids is 1. The van der Waals surface area contributed by atoms with E-state index in [1.807, 2.05) is 6.07 Å². The largest absolute Gasteiger partial charge is 0.345 e. The van der Waals surface area contributed by atoms with Gasteiger partial charge in [-0.05, 0) is 32.8 Å². The molecule has 1 amide bonds. The molecule has 0 saturated heterocycles. The Kier molecular flexibility index (Phi) is 5.17. The lowest BCUT2D eigenvalue weighted by Gasteiger charge is -2.26. The fraction of sp³-hybridized carbons (Fsp3) is 0.571. The standard InChI is InChI=1S/C21H30N4O/c1-14-11-18(15(2)25(14)17-9-7-6-8-10-17)19(26)24-16-12-22-20(23-13-16)21(3,4)5/h11-13,17H,6-10H2,1-5H3,(H,24,26). The van der Waals surface area contributed by atoms with Crippen molar-refractivity contribution in [2.24, 2.45) is 0 Å². The third kappa shape index (κ3) is 3.81. The molecule has 0 atom stereocenters. The first-order valence-corrected chi connectivity index (χ1v) is 9.59. The molecule has 140 valence electrons. The van der Waals surface area contributed by atoms with Crippen LogP contribution >= 0.6 is 0 Å². The maximum Gasteiger partial charge on any atom is 0.257 e. The van der Waals surface area contributed by atoms with Crippen LogP contribution in [0, 0.1) is 13.8 Å². The van der Waals surface area contributed by atoms with E-state index in [-0.39, 0.29) is 11.3 Å². The molecule has 26 heavy (non-hydrogen) atoms. The fourth-order valence-corrected chi connectivity index (χ4v) is 3.89. The molecule has 5 heteroatoms. The van der Waals surface area contributed by atoms with Crippen LogP contribution < -0.4 is 5.32 Å². The second-order valence-corrected chi connectivity index (χ2v) is 8.45. The normalized spacial score (nSPS) is 15.9. The van der Waals surface area contributed by atoms with Crippen LogP contribution in [-0.2, 0) is 5.41 Å². The number of anilines is 1. The smallest absolute Gasteiger partial charge is 0.257 e. The molecule has 0 aliphatic heterocycles. The molecule has 1 fully saturated rings. The van der Waals surface area contributed by atoms with Gasteiger partial charge in [0.1, 0.15) is 5.82 Å². The van der Waals surface area contributed by atoms with Gasteiger partial charge in [-0.25, -0.2) is 9.97 Å². The number of aryl methyl sites for hydroxylation is 1. The van der Waals surface area contributed by atoms with E-state index in [2.05, 4.69) is 54.5 Å². The highest BCUT2D eigenvalue weighted by Crippen LogP contribution is 2.32. The molecule has 3 rings (SSSR count). The minimum absolute atomic E-state index is 0.0905. The molecule has 1 saturated carbocycles. The van der Waals surface area contributed by atoms with E-state index in [1.54, 1.807) is 12.4 Å². The molecule has 0 aromatic carbocycles. The molecule has 2 aromatic rings. The van der Waals surface area contributed by atoms with Crippen LogP contribution in [0.2, 0.25) is 0 Å². The zero-order valence-corrected chi connectivity index (χ0v) is 16.6. The molecule has 0 radical (unpaired) electrons. The average molecular weight is 354 g/mol. The summed E-state index contributed by atoms with van der Waals surface area (Å²) < 4.78 is 2.35. The summed E-state index contributed by atoms with van der Waals surface area (Å²) in [6.07, 6.45) is 9.67. The van der Waals surface area contributed by atoms with E-state index in [4.69, 9.17) is 0 Å². The zero-order valence-electron chi connectivity index (χ0n) is 16.6. The van der Waals surface area contributed by atoms with Crippen molar-refractivity contribution in [2.75, 3.05) is 5.32 Å². The van der Waals surface area contributed by atoms with E-state index in [9.17, 15) is 4.79 Å². The number of aromatic nitrogens is 3. The summed E-state index contributed by atoms with van der Waals surface area (Å²) >= 11 is 0. The number of amides is 1. The summed E-state index contributed by atoms with van der Waals surface area (Å²) in [6, 6.07) is 2.53. The van der Waals surface area contributed by atoms with Gasteiger partial charge < -0.3 is 9.88 Å². The maximum atomic E-state index is 12.8. The lowest BCUT2D eigenvalue weighted by atomic mass is 9.95. The van der Waals surface area contributed by atoms with Crippen molar-refractivity contribution in [1.82, 2.24) is 14.5 Å². The summed E-state index contributed by atoms with van der Waals surface area (Å²) in [6.45, 7) is 10.4. The number of nitrogens with one attached hydrogen (secondary N) is 1. The Labute approximate surface area is 156 Å². The van der Waals surface area contributed by atoms with Crippen molar-refractivity contribution in [3.05, 3.63) is 41.2 Å². The predicted octanol–water partition coefficient (Wildman–Crippen LogP) is 4.95. The van der Waals surface area contributed by atoms with Crippen LogP contribution in [0.15, 0.2) is 18.5 Å². The van der Waals surface area contributed by atoms with Gasteiger partial charge in [0, 0.05) is 22.8 Å². The minimum atomic E-state index is -0.104. The minimum Gasteiger partial charge on any atom is -0.345 e. The third-order valence-corrected chi connectivity index (χ3v) is 5.25. The summed E-state index contributed by atoms with van der Waals surface area (Å²) in [5, 5.41) is 2.94. The Morgan fingerprint density at radius 3 is 2.31 bits per heavy atom. The summed E-state index contributed by atoms with van der Waals surface area (Å²) in [7, 11) is 0. The van der Waals surface area contributed by atoms with Crippen LogP contribution in [0.25, 0.3) is 0 Å². The van der Waals surface area contributed by atoms with Crippen LogP contribution in [0.3, 0.4) is 0 Å². The van der Waals surface area contributed by atoms with Crippen molar-refractivity contribution in [3.63, 3.8) is 0 Å². The first-order chi connectivity index (χ1) is 12.3. The summed E-state index contributed by atoms with van der Waals surface area (Å²) in [4.78, 5) is 21.6. The SMILES string of the molecule is Cc1cc(C(=O)Nc2cnc(C(C)(C)C)nc2)c(C)n1C1CCCCC1. The van der Waals surface area contributed by atoms with Gasteiger partial charge in [-0.15, -0.1) is 0 Å². The molecule has 0 unspecified atom stereocenters. The Bertz CT molecular complexity index is 778. The second-order valence-electron chi connectivity index (χ2n) is 8.45. The highest BCUT2D eigenvalue weighted by atomic mass is 16.1. The number of hydrogen-bond donors (Lipinski definition) is 1. The lowest BCUT2D eigenvalue weighted by molar-refractivity contribution is 0.102. The van der Waals surface area contributed by atoms with Crippen LogP contribution in [0.4, 0.5) is 5.69 Å². The number of carbonyl (C=O) groups is 1. The first-order valence-electron chi connectivity index (χ1n) is 9.59. The summed E-state index contributed by atoms with van der Waals surface area (Å²) in [5.74, 6) is 0.679.